The summed E-state index contributed by atoms with van der Waals surface area (Å²) in [6.07, 6.45) is 1.51. The third kappa shape index (κ3) is 4.47. The molecular weight excluding hydrogens is 468 g/mol. The lowest BCUT2D eigenvalue weighted by Gasteiger charge is -2.14. The van der Waals surface area contributed by atoms with E-state index in [1.807, 2.05) is 0 Å². The fourth-order valence-electron chi connectivity index (χ4n) is 4.24. The van der Waals surface area contributed by atoms with Gasteiger partial charge in [-0.05, 0) is 42.0 Å². The van der Waals surface area contributed by atoms with Gasteiger partial charge in [-0.15, -0.1) is 0 Å². The van der Waals surface area contributed by atoms with Crippen LogP contribution in [-0.4, -0.2) is 38.9 Å². The molecule has 0 aliphatic rings. The van der Waals surface area contributed by atoms with Crippen molar-refractivity contribution in [2.24, 2.45) is 0 Å². The van der Waals surface area contributed by atoms with Crippen LogP contribution in [-0.2, 0) is 28.6 Å². The number of hydrogen-bond donors (Lipinski definition) is 2. The molecule has 2 aromatic heterocycles. The summed E-state index contributed by atoms with van der Waals surface area (Å²) in [6.45, 7) is 0.245. The van der Waals surface area contributed by atoms with Crippen molar-refractivity contribution in [2.45, 2.75) is 18.7 Å². The maximum Gasteiger partial charge on any atom is 0.336 e. The van der Waals surface area contributed by atoms with E-state index in [1.165, 1.54) is 4.57 Å². The summed E-state index contributed by atoms with van der Waals surface area (Å²) in [5.41, 5.74) is 1.67. The number of phenolic OH excluding ortho intramolecular Hbond substituents is 1. The number of H-pyrrole nitrogens is 1. The Bertz CT molecular complexity index is 1820. The smallest absolute Gasteiger partial charge is 0.336 e. The average Bonchev–Trinajstić information content (AvgIpc) is 3.20. The number of phenols is 1. The van der Waals surface area contributed by atoms with Gasteiger partial charge in [0.2, 0.25) is 0 Å². The van der Waals surface area contributed by atoms with Crippen LogP contribution in [0.5, 0.6) is 5.75 Å². The summed E-state index contributed by atoms with van der Waals surface area (Å²) >= 11 is 0. The fraction of sp³-hybridized carbons (Fsp3) is 0.160. The highest BCUT2D eigenvalue weighted by atomic mass is 32.2. The number of rotatable bonds is 6. The molecule has 0 saturated carbocycles. The minimum atomic E-state index is -3.29. The van der Waals surface area contributed by atoms with Gasteiger partial charge in [-0.2, -0.15) is 0 Å². The van der Waals surface area contributed by atoms with Crippen molar-refractivity contribution in [2.75, 3.05) is 6.26 Å². The summed E-state index contributed by atoms with van der Waals surface area (Å²) in [5, 5.41) is 10.1. The molecule has 0 unspecified atom stereocenters. The van der Waals surface area contributed by atoms with Crippen LogP contribution in [0.15, 0.2) is 76.3 Å². The van der Waals surface area contributed by atoms with Gasteiger partial charge in [0.25, 0.3) is 5.56 Å². The Morgan fingerprint density at radius 2 is 1.80 bits per heavy atom. The molecule has 0 aliphatic heterocycles. The molecule has 0 amide bonds. The third-order valence-corrected chi connectivity index (χ3v) is 6.59. The Kier molecular flexibility index (Phi) is 5.52. The molecule has 5 aromatic rings. The van der Waals surface area contributed by atoms with Crippen LogP contribution in [0.25, 0.3) is 27.6 Å². The summed E-state index contributed by atoms with van der Waals surface area (Å²) in [5.74, 6) is 0.563. The van der Waals surface area contributed by atoms with Gasteiger partial charge >= 0.3 is 5.69 Å². The maximum atomic E-state index is 13.6. The van der Waals surface area contributed by atoms with Crippen LogP contribution >= 0.6 is 0 Å². The van der Waals surface area contributed by atoms with Crippen LogP contribution in [0.1, 0.15) is 11.4 Å². The van der Waals surface area contributed by atoms with Crippen LogP contribution < -0.4 is 11.2 Å². The summed E-state index contributed by atoms with van der Waals surface area (Å²) in [7, 11) is -3.29. The molecule has 0 atom stereocenters. The van der Waals surface area contributed by atoms with E-state index in [-0.39, 0.29) is 18.0 Å². The highest BCUT2D eigenvalue weighted by Gasteiger charge is 2.16. The maximum absolute atomic E-state index is 13.6. The fourth-order valence-corrected chi connectivity index (χ4v) is 5.02. The number of aromatic nitrogens is 4. The van der Waals surface area contributed by atoms with Crippen LogP contribution in [0.3, 0.4) is 0 Å². The van der Waals surface area contributed by atoms with Gasteiger partial charge in [0.05, 0.1) is 33.4 Å². The minimum Gasteiger partial charge on any atom is -0.508 e. The second-order valence-corrected chi connectivity index (χ2v) is 10.6. The standard InChI is InChI=1S/C25H22N4O5S/c1-35(33,34)15-16-5-4-6-17(13-16)29-24(31)19-7-2-3-8-22(19)28(25(29)32)12-11-23-26-20-10-9-18(30)14-21(20)27-23/h2-10,13-14,30H,11-12,15H2,1H3,(H,26,27). The van der Waals surface area contributed by atoms with Gasteiger partial charge in [0.15, 0.2) is 9.84 Å². The van der Waals surface area contributed by atoms with Crippen molar-refractivity contribution >= 4 is 31.8 Å². The van der Waals surface area contributed by atoms with Crippen LogP contribution in [0.2, 0.25) is 0 Å². The lowest BCUT2D eigenvalue weighted by atomic mass is 10.2. The van der Waals surface area contributed by atoms with Crippen molar-refractivity contribution in [3.05, 3.63) is 99.0 Å². The molecule has 0 fully saturated rings. The SMILES string of the molecule is CS(=O)(=O)Cc1cccc(-n2c(=O)c3ccccc3n(CCc3nc4ccc(O)cc4[nH]3)c2=O)c1. The summed E-state index contributed by atoms with van der Waals surface area (Å²) in [4.78, 5) is 34.6. The number of benzene rings is 3. The molecule has 5 rings (SSSR count). The van der Waals surface area contributed by atoms with E-state index in [0.717, 1.165) is 10.8 Å². The molecule has 0 radical (unpaired) electrons. The van der Waals surface area contributed by atoms with Crippen molar-refractivity contribution < 1.29 is 13.5 Å². The second-order valence-electron chi connectivity index (χ2n) is 8.47. The lowest BCUT2D eigenvalue weighted by Crippen LogP contribution is -2.39. The largest absolute Gasteiger partial charge is 0.508 e. The van der Waals surface area contributed by atoms with Gasteiger partial charge in [-0.25, -0.2) is 22.8 Å². The first-order valence-corrected chi connectivity index (χ1v) is 12.9. The average molecular weight is 491 g/mol. The first kappa shape index (κ1) is 22.6. The molecule has 2 N–H and O–H groups in total. The lowest BCUT2D eigenvalue weighted by molar-refractivity contribution is 0.476. The Balaban J connectivity index is 1.61. The van der Waals surface area contributed by atoms with Gasteiger partial charge in [-0.3, -0.25) is 9.36 Å². The number of imidazole rings is 1. The molecule has 3 aromatic carbocycles. The molecule has 0 saturated heterocycles. The zero-order chi connectivity index (χ0) is 24.7. The number of aromatic amines is 1. The molecule has 9 nitrogen and oxygen atoms in total. The normalized spacial score (nSPS) is 11.9. The molecule has 0 bridgehead atoms. The topological polar surface area (TPSA) is 127 Å². The van der Waals surface area contributed by atoms with E-state index in [9.17, 15) is 23.1 Å². The number of nitrogens with zero attached hydrogens (tertiary/aromatic N) is 3. The first-order valence-electron chi connectivity index (χ1n) is 10.9. The number of para-hydroxylation sites is 1. The number of nitrogens with one attached hydrogen (secondary N) is 1. The van der Waals surface area contributed by atoms with E-state index in [0.29, 0.717) is 45.4 Å². The molecular formula is C25H22N4O5S. The highest BCUT2D eigenvalue weighted by molar-refractivity contribution is 7.89. The van der Waals surface area contributed by atoms with E-state index >= 15 is 0 Å². The van der Waals surface area contributed by atoms with E-state index in [2.05, 4.69) is 9.97 Å². The number of hydrogen-bond acceptors (Lipinski definition) is 6. The number of aryl methyl sites for hydroxylation is 2. The van der Waals surface area contributed by atoms with Crippen molar-refractivity contribution in [1.29, 1.82) is 0 Å². The Hall–Kier alpha value is -4.18. The van der Waals surface area contributed by atoms with Crippen molar-refractivity contribution in [3.8, 4) is 11.4 Å². The molecule has 178 valence electrons. The van der Waals surface area contributed by atoms with Crippen LogP contribution in [0.4, 0.5) is 0 Å². The predicted octanol–water partition coefficient (Wildman–Crippen LogP) is 2.52. The van der Waals surface area contributed by atoms with Gasteiger partial charge < -0.3 is 10.1 Å². The quantitative estimate of drug-likeness (QED) is 0.377. The molecule has 35 heavy (non-hydrogen) atoms. The van der Waals surface area contributed by atoms with Gasteiger partial charge in [0, 0.05) is 25.3 Å². The van der Waals surface area contributed by atoms with E-state index in [1.54, 1.807) is 66.7 Å². The summed E-state index contributed by atoms with van der Waals surface area (Å²) < 4.78 is 26.1. The minimum absolute atomic E-state index is 0.125. The van der Waals surface area contributed by atoms with E-state index < -0.39 is 21.1 Å². The van der Waals surface area contributed by atoms with Crippen molar-refractivity contribution in [3.63, 3.8) is 0 Å². The Labute approximate surface area is 199 Å². The summed E-state index contributed by atoms with van der Waals surface area (Å²) in [6, 6.07) is 18.2. The molecule has 0 aliphatic carbocycles. The van der Waals surface area contributed by atoms with Gasteiger partial charge in [-0.1, -0.05) is 24.3 Å². The zero-order valence-corrected chi connectivity index (χ0v) is 19.6. The Morgan fingerprint density at radius 1 is 1.00 bits per heavy atom. The predicted molar refractivity (Wildman–Crippen MR) is 134 cm³/mol. The molecule has 2 heterocycles. The second kappa shape index (κ2) is 8.55. The van der Waals surface area contributed by atoms with Crippen molar-refractivity contribution in [1.82, 2.24) is 19.1 Å². The number of fused-ring (bicyclic) bond motifs is 2. The number of sulfone groups is 1. The highest BCUT2D eigenvalue weighted by Crippen LogP contribution is 2.18. The molecule has 10 heteroatoms. The molecule has 0 spiro atoms. The van der Waals surface area contributed by atoms with Crippen LogP contribution in [0, 0.1) is 0 Å². The Morgan fingerprint density at radius 3 is 2.60 bits per heavy atom. The van der Waals surface area contributed by atoms with E-state index in [4.69, 9.17) is 0 Å². The van der Waals surface area contributed by atoms with Gasteiger partial charge in [0.1, 0.15) is 11.6 Å². The first-order chi connectivity index (χ1) is 16.7. The third-order valence-electron chi connectivity index (χ3n) is 5.73. The number of aromatic hydroxyl groups is 1. The zero-order valence-electron chi connectivity index (χ0n) is 18.8. The monoisotopic (exact) mass is 490 g/mol.